The van der Waals surface area contributed by atoms with Crippen LogP contribution in [0.4, 0.5) is 11.4 Å². The van der Waals surface area contributed by atoms with Gasteiger partial charge in [0.05, 0.1) is 17.7 Å². The summed E-state index contributed by atoms with van der Waals surface area (Å²) in [6, 6.07) is 66.2. The van der Waals surface area contributed by atoms with Gasteiger partial charge in [-0.3, -0.25) is 4.57 Å². The average molecular weight is 961 g/mol. The van der Waals surface area contributed by atoms with E-state index in [0.717, 1.165) is 50.6 Å². The highest BCUT2D eigenvalue weighted by Crippen LogP contribution is 2.50. The molecule has 0 N–H and O–H groups in total. The first kappa shape index (κ1) is 49.2. The first-order chi connectivity index (χ1) is 34.6. The van der Waals surface area contributed by atoms with Crippen LogP contribution in [0.15, 0.2) is 200 Å². The van der Waals surface area contributed by atoms with Crippen LogP contribution in [-0.4, -0.2) is 16.2 Å². The summed E-state index contributed by atoms with van der Waals surface area (Å²) in [5.74, 6) is 2.39. The Kier molecular flexibility index (Phi) is 12.3. The minimum Gasteiger partial charge on any atom is -0.457 e. The van der Waals surface area contributed by atoms with Crippen LogP contribution in [0.5, 0.6) is 11.5 Å². The minimum absolute atomic E-state index is 0.0174. The lowest BCUT2D eigenvalue weighted by Crippen LogP contribution is -2.31. The highest BCUT2D eigenvalue weighted by molar-refractivity contribution is 6.10. The molecule has 0 radical (unpaired) electrons. The largest absolute Gasteiger partial charge is 0.457 e. The van der Waals surface area contributed by atoms with Crippen molar-refractivity contribution in [3.05, 3.63) is 227 Å². The summed E-state index contributed by atoms with van der Waals surface area (Å²) in [5, 5.41) is 2.32. The van der Waals surface area contributed by atoms with Crippen LogP contribution in [0.1, 0.15) is 118 Å². The molecule has 0 fully saturated rings. The average Bonchev–Trinajstić information content (AvgIpc) is 3.95. The van der Waals surface area contributed by atoms with E-state index >= 15 is 0 Å². The van der Waals surface area contributed by atoms with Gasteiger partial charge in [-0.15, -0.1) is 0 Å². The molecular weight excluding hydrogens is 889 g/mol. The van der Waals surface area contributed by atoms with Crippen molar-refractivity contribution in [2.75, 3.05) is 16.5 Å². The molecule has 1 aliphatic rings. The molecule has 0 unspecified atom stereocenters. The van der Waals surface area contributed by atoms with Crippen LogP contribution in [0.3, 0.4) is 0 Å². The van der Waals surface area contributed by atoms with Gasteiger partial charge in [-0.05, 0) is 105 Å². The molecule has 0 amide bonds. The van der Waals surface area contributed by atoms with Gasteiger partial charge in [-0.1, -0.05) is 199 Å². The molecule has 0 atom stereocenters. The number of hydrogen-bond donors (Lipinski definition) is 0. The fraction of sp³-hybridized carbons (Fsp3) is 0.279. The maximum absolute atomic E-state index is 7.20. The molecule has 3 heterocycles. The third-order valence-electron chi connectivity index (χ3n) is 15.2. The van der Waals surface area contributed by atoms with Crippen molar-refractivity contribution in [3.63, 3.8) is 0 Å². The fourth-order valence-corrected chi connectivity index (χ4v) is 11.0. The fourth-order valence-electron chi connectivity index (χ4n) is 11.0. The second-order valence-corrected chi connectivity index (χ2v) is 24.3. The van der Waals surface area contributed by atoms with Crippen molar-refractivity contribution in [1.82, 2.24) is 9.55 Å². The Bertz CT molecular complexity index is 3510. The Balaban J connectivity index is 1.13. The molecule has 1 aliphatic heterocycles. The predicted octanol–water partition coefficient (Wildman–Crippen LogP) is 18.2. The van der Waals surface area contributed by atoms with Gasteiger partial charge in [0.15, 0.2) is 0 Å². The summed E-state index contributed by atoms with van der Waals surface area (Å²) in [6.07, 6.45) is 1.96. The van der Waals surface area contributed by atoms with Crippen LogP contribution in [0.2, 0.25) is 0 Å². The monoisotopic (exact) mass is 961 g/mol. The number of allylic oxidation sites excluding steroid dienone is 2. The molecule has 0 bridgehead atoms. The molecule has 370 valence electrons. The molecule has 10 rings (SSSR count). The third-order valence-corrected chi connectivity index (χ3v) is 15.2. The Labute approximate surface area is 434 Å². The van der Waals surface area contributed by atoms with E-state index in [1.807, 2.05) is 6.20 Å². The van der Waals surface area contributed by atoms with Gasteiger partial charge in [0.1, 0.15) is 17.3 Å². The molecule has 2 aromatic heterocycles. The SMILES string of the molecule is CC(C)(C)C1=C(C(C)(C)C)N(c2cccc(C(C)(C)C)c2)CN1c1cc(Oc2ccc3c4cc(C(C)(C)c5ccccc5)ccc4n(-c4cc(C(C)(C)c5ccccc5)ccn4)c3c2)cc(-c2ccccc2)c1. The van der Waals surface area contributed by atoms with E-state index in [9.17, 15) is 0 Å². The third kappa shape index (κ3) is 9.35. The van der Waals surface area contributed by atoms with Crippen molar-refractivity contribution in [1.29, 1.82) is 0 Å². The quantitative estimate of drug-likeness (QED) is 0.137. The van der Waals surface area contributed by atoms with Gasteiger partial charge < -0.3 is 14.5 Å². The standard InChI is InChI=1S/C68H72N4O/c1-64(2,3)50-30-23-31-53(40-50)70-45-71(63(66(7,8)9)62(70)65(4,5)6)54-38-47(46-24-17-14-18-25-46)39-56(43-54)73-55-33-34-57-58-41-51(67(10,11)48-26-19-15-20-27-48)32-35-59(58)72(60(57)44-55)61-42-52(36-37-69-61)68(12,13)49-28-21-16-22-29-49/h14-44H,45H2,1-13H3. The van der Waals surface area contributed by atoms with Crippen LogP contribution < -0.4 is 14.5 Å². The summed E-state index contributed by atoms with van der Waals surface area (Å²) >= 11 is 0. The van der Waals surface area contributed by atoms with Crippen molar-refractivity contribution in [2.24, 2.45) is 10.8 Å². The maximum atomic E-state index is 7.20. The molecule has 0 aliphatic carbocycles. The van der Waals surface area contributed by atoms with Gasteiger partial charge in [0.25, 0.3) is 0 Å². The molecule has 9 aromatic rings. The molecule has 0 saturated heterocycles. The zero-order chi connectivity index (χ0) is 51.7. The number of rotatable bonds is 10. The lowest BCUT2D eigenvalue weighted by molar-refractivity contribution is 0.444. The van der Waals surface area contributed by atoms with Crippen molar-refractivity contribution >= 4 is 33.2 Å². The summed E-state index contributed by atoms with van der Waals surface area (Å²) in [6.45, 7) is 30.9. The van der Waals surface area contributed by atoms with E-state index in [-0.39, 0.29) is 27.1 Å². The van der Waals surface area contributed by atoms with E-state index in [1.54, 1.807) is 0 Å². The minimum atomic E-state index is -0.251. The summed E-state index contributed by atoms with van der Waals surface area (Å²) in [7, 11) is 0. The van der Waals surface area contributed by atoms with Crippen molar-refractivity contribution < 1.29 is 4.74 Å². The van der Waals surface area contributed by atoms with Crippen LogP contribution in [0, 0.1) is 10.8 Å². The van der Waals surface area contributed by atoms with Gasteiger partial charge in [0.2, 0.25) is 0 Å². The highest BCUT2D eigenvalue weighted by atomic mass is 16.5. The highest BCUT2D eigenvalue weighted by Gasteiger charge is 2.42. The topological polar surface area (TPSA) is 33.5 Å². The van der Waals surface area contributed by atoms with E-state index in [1.165, 1.54) is 50.3 Å². The van der Waals surface area contributed by atoms with Crippen LogP contribution in [-0.2, 0) is 16.2 Å². The number of ether oxygens (including phenoxy) is 1. The van der Waals surface area contributed by atoms with Crippen LogP contribution >= 0.6 is 0 Å². The van der Waals surface area contributed by atoms with Gasteiger partial charge >= 0.3 is 0 Å². The number of aromatic nitrogens is 2. The van der Waals surface area contributed by atoms with E-state index in [2.05, 4.69) is 286 Å². The summed E-state index contributed by atoms with van der Waals surface area (Å²) in [4.78, 5) is 10.2. The summed E-state index contributed by atoms with van der Waals surface area (Å²) in [5.41, 5.74) is 14.8. The zero-order valence-electron chi connectivity index (χ0n) is 45.3. The molecule has 0 saturated carbocycles. The molecule has 5 nitrogen and oxygen atoms in total. The number of nitrogens with zero attached hydrogens (tertiary/aromatic N) is 4. The number of pyridine rings is 1. The molecule has 5 heteroatoms. The van der Waals surface area contributed by atoms with Gasteiger partial charge in [0, 0.05) is 73.5 Å². The number of benzene rings is 7. The first-order valence-electron chi connectivity index (χ1n) is 26.0. The number of anilines is 2. The Morgan fingerprint density at radius 2 is 0.959 bits per heavy atom. The smallest absolute Gasteiger partial charge is 0.137 e. The van der Waals surface area contributed by atoms with E-state index in [0.29, 0.717) is 6.67 Å². The molecule has 73 heavy (non-hydrogen) atoms. The second kappa shape index (κ2) is 18.3. The molecule has 7 aromatic carbocycles. The lowest BCUT2D eigenvalue weighted by Gasteiger charge is -2.34. The van der Waals surface area contributed by atoms with Crippen molar-refractivity contribution in [3.8, 4) is 28.4 Å². The van der Waals surface area contributed by atoms with Gasteiger partial charge in [-0.25, -0.2) is 4.98 Å². The van der Waals surface area contributed by atoms with E-state index < -0.39 is 0 Å². The maximum Gasteiger partial charge on any atom is 0.137 e. The first-order valence-corrected chi connectivity index (χ1v) is 26.0. The number of hydrogen-bond acceptors (Lipinski definition) is 4. The summed E-state index contributed by atoms with van der Waals surface area (Å²) < 4.78 is 9.53. The molecular formula is C68H72N4O. The second-order valence-electron chi connectivity index (χ2n) is 24.3. The normalized spacial score (nSPS) is 13.9. The molecule has 0 spiro atoms. The number of fused-ring (bicyclic) bond motifs is 3. The predicted molar refractivity (Wildman–Crippen MR) is 309 cm³/mol. The van der Waals surface area contributed by atoms with Crippen molar-refractivity contribution in [2.45, 2.75) is 106 Å². The Morgan fingerprint density at radius 3 is 1.56 bits per heavy atom. The Hall–Kier alpha value is -7.37. The Morgan fingerprint density at radius 1 is 0.384 bits per heavy atom. The lowest BCUT2D eigenvalue weighted by atomic mass is 9.78. The van der Waals surface area contributed by atoms with E-state index in [4.69, 9.17) is 9.72 Å². The van der Waals surface area contributed by atoms with Gasteiger partial charge in [-0.2, -0.15) is 0 Å². The zero-order valence-corrected chi connectivity index (χ0v) is 45.3. The van der Waals surface area contributed by atoms with Crippen LogP contribution in [0.25, 0.3) is 38.8 Å².